The number of hydrogen-bond donors (Lipinski definition) is 1. The van der Waals surface area contributed by atoms with Crippen molar-refractivity contribution in [2.24, 2.45) is 0 Å². The Balaban J connectivity index is 1.83. The van der Waals surface area contributed by atoms with E-state index < -0.39 is 10.7 Å². The highest BCUT2D eigenvalue weighted by Crippen LogP contribution is 2.67. The number of nitrogens with one attached hydrogen (secondary N) is 1. The van der Waals surface area contributed by atoms with Gasteiger partial charge in [-0.15, -0.1) is 0 Å². The first kappa shape index (κ1) is 23.9. The first-order valence-electron chi connectivity index (χ1n) is 11.2. The van der Waals surface area contributed by atoms with E-state index in [1.807, 2.05) is 29.2 Å². The summed E-state index contributed by atoms with van der Waals surface area (Å²) in [6.45, 7) is 0. The highest BCUT2D eigenvalue weighted by atomic mass is 35.5. The monoisotopic (exact) mass is 451 g/mol. The summed E-state index contributed by atoms with van der Waals surface area (Å²) in [6.07, 6.45) is 5.81. The van der Waals surface area contributed by atoms with E-state index >= 15 is 0 Å². The third kappa shape index (κ3) is 3.51. The molecule has 1 saturated heterocycles. The second kappa shape index (κ2) is 7.90. The summed E-state index contributed by atoms with van der Waals surface area (Å²) in [7, 11) is 15.3. The Morgan fingerprint density at radius 2 is 1.64 bits per heavy atom. The molecule has 14 heteroatoms. The van der Waals surface area contributed by atoms with Gasteiger partial charge in [-0.25, -0.2) is 4.98 Å². The summed E-state index contributed by atoms with van der Waals surface area (Å²) in [5.41, 5.74) is 2.72. The van der Waals surface area contributed by atoms with Gasteiger partial charge in [-0.3, -0.25) is 14.9 Å². The van der Waals surface area contributed by atoms with Crippen molar-refractivity contribution in [3.63, 3.8) is 0 Å². The molecule has 1 aliphatic rings. The maximum Gasteiger partial charge on any atom is 0.224 e. The van der Waals surface area contributed by atoms with Gasteiger partial charge in [0.2, 0.25) is 5.91 Å². The predicted octanol–water partition coefficient (Wildman–Crippen LogP) is -3.41. The number of aromatic amines is 1. The second-order valence-electron chi connectivity index (χ2n) is 10.8. The summed E-state index contributed by atoms with van der Waals surface area (Å²) < 4.78 is 0. The van der Waals surface area contributed by atoms with Gasteiger partial charge in [-0.1, -0.05) is 28.1 Å². The van der Waals surface area contributed by atoms with Gasteiger partial charge in [0, 0.05) is 35.5 Å². The van der Waals surface area contributed by atoms with Crippen molar-refractivity contribution in [1.29, 1.82) is 0 Å². The van der Waals surface area contributed by atoms with Gasteiger partial charge in [0.15, 0.2) is 0 Å². The van der Waals surface area contributed by atoms with E-state index in [0.29, 0.717) is 17.4 Å². The van der Waals surface area contributed by atoms with Gasteiger partial charge < -0.3 is 4.90 Å². The first-order valence-corrected chi connectivity index (χ1v) is 11.6. The van der Waals surface area contributed by atoms with Crippen molar-refractivity contribution < 1.29 is 4.79 Å². The Hall–Kier alpha value is -2.28. The average Bonchev–Trinajstić information content (AvgIpc) is 3.24. The third-order valence-electron chi connectivity index (χ3n) is 8.83. The number of carbonyl (C=O) groups is 1. The minimum absolute atomic E-state index is 0.0664. The fourth-order valence-corrected chi connectivity index (χ4v) is 5.34. The number of carbonyl (C=O) groups excluding carboxylic acids is 1. The minimum atomic E-state index is -0.691. The van der Waals surface area contributed by atoms with E-state index in [1.165, 1.54) is 0 Å². The molecule has 1 N–H and O–H groups in total. The zero-order valence-electron chi connectivity index (χ0n) is 20.4. The zero-order valence-corrected chi connectivity index (χ0v) is 21.2. The van der Waals surface area contributed by atoms with Gasteiger partial charge in [0.05, 0.1) is 37.1 Å². The Bertz CT molecular complexity index is 1190. The van der Waals surface area contributed by atoms with E-state index in [9.17, 15) is 4.79 Å². The number of amides is 1. The van der Waals surface area contributed by atoms with Crippen LogP contribution < -0.4 is 4.90 Å². The molecule has 0 saturated carbocycles. The lowest BCUT2D eigenvalue weighted by Gasteiger charge is -2.68. The van der Waals surface area contributed by atoms with Gasteiger partial charge in [0.25, 0.3) is 0 Å². The number of hydrogen-bond acceptors (Lipinski definition) is 4. The lowest BCUT2D eigenvalue weighted by molar-refractivity contribution is -0.124. The largest absolute Gasteiger partial charge is 0.309 e. The number of aromatic nitrogens is 4. The SMILES string of the molecule is BC1(B)N(c2cc(-c3ccncc3)n[nH]2)C(=O)[C@](B)(Cc2ccc(Cl)nc2)C(B)(B)C1(B)B. The first-order chi connectivity index (χ1) is 15.3. The third-order valence-corrected chi connectivity index (χ3v) is 9.06. The fourth-order valence-electron chi connectivity index (χ4n) is 5.22. The Labute approximate surface area is 206 Å². The number of halogens is 1. The van der Waals surface area contributed by atoms with Crippen LogP contribution in [0.25, 0.3) is 11.3 Å². The summed E-state index contributed by atoms with van der Waals surface area (Å²) in [6, 6.07) is 9.51. The van der Waals surface area contributed by atoms with E-state index in [-0.39, 0.29) is 16.3 Å². The smallest absolute Gasteiger partial charge is 0.224 e. The standard InChI is InChI=1S/C19H25B7ClN5O/c20-16(8-10-1-2-13(27)29-9-10)15(33)32(19(25,26)18(23,24)17(16,21)22)14-7-12(30-31-14)11-3-5-28-6-4-11/h1-7,9H,8,20-26H2,(H,30,31)/t16-/m1/s1. The molecule has 6 nitrogen and oxygen atoms in total. The molecule has 0 bridgehead atoms. The minimum Gasteiger partial charge on any atom is -0.309 e. The molecule has 1 aliphatic heterocycles. The lowest BCUT2D eigenvalue weighted by Crippen LogP contribution is -2.74. The van der Waals surface area contributed by atoms with Gasteiger partial charge >= 0.3 is 0 Å². The van der Waals surface area contributed by atoms with Crippen LogP contribution in [0.2, 0.25) is 20.9 Å². The Kier molecular flexibility index (Phi) is 5.71. The van der Waals surface area contributed by atoms with Crippen LogP contribution in [0.4, 0.5) is 5.82 Å². The molecule has 1 amide bonds. The van der Waals surface area contributed by atoms with E-state index in [0.717, 1.165) is 16.8 Å². The van der Waals surface area contributed by atoms with Crippen molar-refractivity contribution in [3.8, 4) is 11.3 Å². The van der Waals surface area contributed by atoms with Crippen LogP contribution in [0, 0.1) is 0 Å². The number of nitrogens with zero attached hydrogens (tertiary/aromatic N) is 4. The van der Waals surface area contributed by atoms with Gasteiger partial charge in [0.1, 0.15) is 34.5 Å². The molecule has 4 rings (SSSR count). The molecule has 3 aromatic rings. The molecule has 0 spiro atoms. The molecule has 33 heavy (non-hydrogen) atoms. The molecule has 0 unspecified atom stereocenters. The Morgan fingerprint density at radius 3 is 2.24 bits per heavy atom. The maximum absolute atomic E-state index is 14.4. The lowest BCUT2D eigenvalue weighted by atomic mass is 9.12. The van der Waals surface area contributed by atoms with Crippen LogP contribution >= 0.6 is 11.6 Å². The van der Waals surface area contributed by atoms with E-state index in [4.69, 9.17) is 11.6 Å². The van der Waals surface area contributed by atoms with Gasteiger partial charge in [-0.2, -0.15) is 5.10 Å². The number of pyridine rings is 2. The summed E-state index contributed by atoms with van der Waals surface area (Å²) in [5.74, 6) is 0.762. The summed E-state index contributed by atoms with van der Waals surface area (Å²) >= 11 is 6.01. The molecular formula is C19H25B7ClN5O. The molecule has 1 fully saturated rings. The average molecular weight is 451 g/mol. The topological polar surface area (TPSA) is 74.8 Å². The van der Waals surface area contributed by atoms with Crippen LogP contribution in [0.5, 0.6) is 0 Å². The zero-order chi connectivity index (χ0) is 24.2. The van der Waals surface area contributed by atoms with E-state index in [1.54, 1.807) is 24.7 Å². The molecule has 0 radical (unpaired) electrons. The highest BCUT2D eigenvalue weighted by Gasteiger charge is 2.65. The van der Waals surface area contributed by atoms with E-state index in [2.05, 4.69) is 75.1 Å². The van der Waals surface area contributed by atoms with Crippen LogP contribution in [-0.4, -0.2) is 86.3 Å². The molecule has 160 valence electrons. The molecule has 0 aromatic carbocycles. The van der Waals surface area contributed by atoms with Crippen LogP contribution in [-0.2, 0) is 11.2 Å². The van der Waals surface area contributed by atoms with Crippen molar-refractivity contribution in [2.45, 2.75) is 27.5 Å². The number of rotatable bonds is 4. The van der Waals surface area contributed by atoms with Crippen LogP contribution in [0.3, 0.4) is 0 Å². The second-order valence-corrected chi connectivity index (χ2v) is 11.2. The summed E-state index contributed by atoms with van der Waals surface area (Å²) in [4.78, 5) is 24.7. The fraction of sp³-hybridized carbons (Fsp3) is 0.263. The maximum atomic E-state index is 14.4. The molecule has 4 heterocycles. The Morgan fingerprint density at radius 1 is 0.970 bits per heavy atom. The normalized spacial score (nSPS) is 23.3. The molecule has 1 atom stereocenters. The van der Waals surface area contributed by atoms with Crippen molar-refractivity contribution in [2.75, 3.05) is 4.90 Å². The van der Waals surface area contributed by atoms with Gasteiger partial charge in [-0.05, 0) is 35.5 Å². The van der Waals surface area contributed by atoms with Crippen molar-refractivity contribution in [3.05, 3.63) is 59.6 Å². The summed E-state index contributed by atoms with van der Waals surface area (Å²) in [5, 5.41) is 6.36. The number of H-pyrrole nitrogens is 1. The highest BCUT2D eigenvalue weighted by molar-refractivity contribution is 6.67. The number of piperidine rings is 1. The van der Waals surface area contributed by atoms with Crippen molar-refractivity contribution in [1.82, 2.24) is 20.2 Å². The molecule has 3 aromatic heterocycles. The number of anilines is 1. The van der Waals surface area contributed by atoms with Crippen molar-refractivity contribution >= 4 is 78.2 Å². The predicted molar refractivity (Wildman–Crippen MR) is 153 cm³/mol. The van der Waals surface area contributed by atoms with Crippen LogP contribution in [0.1, 0.15) is 5.56 Å². The molecular weight excluding hydrogens is 425 g/mol. The van der Waals surface area contributed by atoms with Crippen LogP contribution in [0.15, 0.2) is 48.9 Å². The molecule has 0 aliphatic carbocycles. The quantitative estimate of drug-likeness (QED) is 0.332.